The standard InChI is InChI=1S/C15H10ClFN2O/c16-12-7-9(17)1-4-15(12)20-14-5-6-19-13-8-10(18)2-3-11(13)14/h1-8H,18H2. The summed E-state index contributed by atoms with van der Waals surface area (Å²) in [4.78, 5) is 4.23. The van der Waals surface area contributed by atoms with Crippen molar-refractivity contribution in [1.29, 1.82) is 0 Å². The Hall–Kier alpha value is -2.33. The van der Waals surface area contributed by atoms with E-state index in [1.165, 1.54) is 18.2 Å². The number of nitrogens with zero attached hydrogens (tertiary/aromatic N) is 1. The van der Waals surface area contributed by atoms with Gasteiger partial charge >= 0.3 is 0 Å². The summed E-state index contributed by atoms with van der Waals surface area (Å²) in [5.41, 5.74) is 7.07. The highest BCUT2D eigenvalue weighted by Crippen LogP contribution is 2.33. The van der Waals surface area contributed by atoms with Crippen LogP contribution in [0.25, 0.3) is 10.9 Å². The lowest BCUT2D eigenvalue weighted by Crippen LogP contribution is -1.90. The molecule has 0 amide bonds. The summed E-state index contributed by atoms with van der Waals surface area (Å²) in [6.07, 6.45) is 1.62. The smallest absolute Gasteiger partial charge is 0.146 e. The fourth-order valence-corrected chi connectivity index (χ4v) is 2.11. The molecule has 0 spiro atoms. The summed E-state index contributed by atoms with van der Waals surface area (Å²) in [5.74, 6) is 0.565. The lowest BCUT2D eigenvalue weighted by Gasteiger charge is -2.10. The van der Waals surface area contributed by atoms with Crippen LogP contribution in [0.1, 0.15) is 0 Å². The van der Waals surface area contributed by atoms with E-state index in [9.17, 15) is 4.39 Å². The van der Waals surface area contributed by atoms with E-state index < -0.39 is 5.82 Å². The van der Waals surface area contributed by atoms with Gasteiger partial charge in [-0.3, -0.25) is 4.98 Å². The number of anilines is 1. The summed E-state index contributed by atoms with van der Waals surface area (Å²) >= 11 is 5.96. The molecule has 5 heteroatoms. The van der Waals surface area contributed by atoms with Crippen molar-refractivity contribution in [3.8, 4) is 11.5 Å². The van der Waals surface area contributed by atoms with Crippen molar-refractivity contribution in [3.05, 3.63) is 59.5 Å². The van der Waals surface area contributed by atoms with E-state index >= 15 is 0 Å². The topological polar surface area (TPSA) is 48.1 Å². The summed E-state index contributed by atoms with van der Waals surface area (Å²) in [5, 5.41) is 1.02. The molecule has 0 saturated heterocycles. The number of hydrogen-bond donors (Lipinski definition) is 1. The van der Waals surface area contributed by atoms with Gasteiger partial charge in [0, 0.05) is 17.3 Å². The van der Waals surface area contributed by atoms with Crippen LogP contribution in [0.15, 0.2) is 48.7 Å². The molecule has 0 aliphatic heterocycles. The number of nitrogens with two attached hydrogens (primary N) is 1. The van der Waals surface area contributed by atoms with Gasteiger partial charge in [0.25, 0.3) is 0 Å². The number of halogens is 2. The third kappa shape index (κ3) is 2.38. The predicted molar refractivity (Wildman–Crippen MR) is 77.6 cm³/mol. The molecule has 1 heterocycles. The van der Waals surface area contributed by atoms with Crippen molar-refractivity contribution in [2.24, 2.45) is 0 Å². The van der Waals surface area contributed by atoms with E-state index in [0.717, 1.165) is 10.9 Å². The van der Waals surface area contributed by atoms with E-state index in [2.05, 4.69) is 4.98 Å². The highest BCUT2D eigenvalue weighted by atomic mass is 35.5. The Morgan fingerprint density at radius 1 is 1.05 bits per heavy atom. The summed E-state index contributed by atoms with van der Waals surface area (Å²) in [7, 11) is 0. The monoisotopic (exact) mass is 288 g/mol. The minimum absolute atomic E-state index is 0.213. The number of aromatic nitrogens is 1. The van der Waals surface area contributed by atoms with Crippen molar-refractivity contribution in [1.82, 2.24) is 4.98 Å². The second-order valence-electron chi connectivity index (χ2n) is 4.26. The van der Waals surface area contributed by atoms with E-state index in [1.54, 1.807) is 24.4 Å². The van der Waals surface area contributed by atoms with Crippen LogP contribution >= 0.6 is 11.6 Å². The molecule has 3 rings (SSSR count). The zero-order chi connectivity index (χ0) is 14.1. The first-order valence-electron chi connectivity index (χ1n) is 5.90. The highest BCUT2D eigenvalue weighted by Gasteiger charge is 2.08. The Bertz CT molecular complexity index is 792. The van der Waals surface area contributed by atoms with Crippen LogP contribution in [-0.4, -0.2) is 4.98 Å². The SMILES string of the molecule is Nc1ccc2c(Oc3ccc(F)cc3Cl)ccnc2c1. The van der Waals surface area contributed by atoms with Gasteiger partial charge < -0.3 is 10.5 Å². The van der Waals surface area contributed by atoms with Gasteiger partial charge in [0.05, 0.1) is 10.5 Å². The molecule has 1 aromatic heterocycles. The second-order valence-corrected chi connectivity index (χ2v) is 4.67. The summed E-state index contributed by atoms with van der Waals surface area (Å²) in [6.45, 7) is 0. The van der Waals surface area contributed by atoms with E-state index in [0.29, 0.717) is 17.2 Å². The first-order valence-corrected chi connectivity index (χ1v) is 6.28. The molecule has 0 fully saturated rings. The third-order valence-electron chi connectivity index (χ3n) is 2.84. The van der Waals surface area contributed by atoms with Gasteiger partial charge in [-0.15, -0.1) is 0 Å². The number of rotatable bonds is 2. The zero-order valence-corrected chi connectivity index (χ0v) is 11.1. The molecule has 2 N–H and O–H groups in total. The number of benzene rings is 2. The van der Waals surface area contributed by atoms with Crippen molar-refractivity contribution >= 4 is 28.2 Å². The van der Waals surface area contributed by atoms with Gasteiger partial charge in [-0.2, -0.15) is 0 Å². The van der Waals surface area contributed by atoms with Crippen LogP contribution in [-0.2, 0) is 0 Å². The second kappa shape index (κ2) is 4.98. The van der Waals surface area contributed by atoms with E-state index in [1.807, 2.05) is 6.07 Å². The molecule has 3 aromatic rings. The molecule has 0 radical (unpaired) electrons. The maximum atomic E-state index is 13.0. The maximum absolute atomic E-state index is 13.0. The van der Waals surface area contributed by atoms with Crippen LogP contribution in [0.4, 0.5) is 10.1 Å². The van der Waals surface area contributed by atoms with Gasteiger partial charge in [-0.05, 0) is 42.5 Å². The number of pyridine rings is 1. The molecular weight excluding hydrogens is 279 g/mol. The molecule has 0 aliphatic carbocycles. The molecule has 0 aliphatic rings. The van der Waals surface area contributed by atoms with Gasteiger partial charge in [-0.1, -0.05) is 11.6 Å². The van der Waals surface area contributed by atoms with Crippen molar-refractivity contribution in [2.45, 2.75) is 0 Å². The minimum atomic E-state index is -0.408. The van der Waals surface area contributed by atoms with Crippen molar-refractivity contribution in [2.75, 3.05) is 5.73 Å². The number of fused-ring (bicyclic) bond motifs is 1. The first-order chi connectivity index (χ1) is 9.63. The average Bonchev–Trinajstić information content (AvgIpc) is 2.41. The van der Waals surface area contributed by atoms with Gasteiger partial charge in [0.15, 0.2) is 0 Å². The average molecular weight is 289 g/mol. The van der Waals surface area contributed by atoms with Crippen LogP contribution in [0.2, 0.25) is 5.02 Å². The maximum Gasteiger partial charge on any atom is 0.146 e. The molecule has 20 heavy (non-hydrogen) atoms. The number of nitrogen functional groups attached to an aromatic ring is 1. The third-order valence-corrected chi connectivity index (χ3v) is 3.14. The number of hydrogen-bond acceptors (Lipinski definition) is 3. The summed E-state index contributed by atoms with van der Waals surface area (Å²) < 4.78 is 18.8. The Kier molecular flexibility index (Phi) is 3.16. The molecule has 0 saturated carbocycles. The first kappa shape index (κ1) is 12.7. The Balaban J connectivity index is 2.06. The lowest BCUT2D eigenvalue weighted by atomic mass is 10.2. The molecule has 0 atom stereocenters. The van der Waals surface area contributed by atoms with Gasteiger partial charge in [0.1, 0.15) is 17.3 Å². The Morgan fingerprint density at radius 2 is 1.90 bits per heavy atom. The quantitative estimate of drug-likeness (QED) is 0.711. The normalized spacial score (nSPS) is 10.7. The molecule has 100 valence electrons. The largest absolute Gasteiger partial charge is 0.455 e. The van der Waals surface area contributed by atoms with Crippen molar-refractivity contribution < 1.29 is 9.13 Å². The van der Waals surface area contributed by atoms with Crippen LogP contribution in [0.5, 0.6) is 11.5 Å². The molecular formula is C15H10ClFN2O. The molecule has 2 aromatic carbocycles. The van der Waals surface area contributed by atoms with Crippen LogP contribution in [0.3, 0.4) is 0 Å². The van der Waals surface area contributed by atoms with E-state index in [4.69, 9.17) is 22.1 Å². The number of ether oxygens (including phenoxy) is 1. The lowest BCUT2D eigenvalue weighted by molar-refractivity contribution is 0.486. The van der Waals surface area contributed by atoms with E-state index in [-0.39, 0.29) is 5.02 Å². The molecule has 0 bridgehead atoms. The Labute approximate surface area is 119 Å². The molecule has 0 unspecified atom stereocenters. The minimum Gasteiger partial charge on any atom is -0.455 e. The van der Waals surface area contributed by atoms with Crippen LogP contribution < -0.4 is 10.5 Å². The fourth-order valence-electron chi connectivity index (χ4n) is 1.90. The fraction of sp³-hybridized carbons (Fsp3) is 0. The van der Waals surface area contributed by atoms with Crippen molar-refractivity contribution in [3.63, 3.8) is 0 Å². The van der Waals surface area contributed by atoms with Gasteiger partial charge in [0.2, 0.25) is 0 Å². The summed E-state index contributed by atoms with van der Waals surface area (Å²) in [6, 6.07) is 11.1. The highest BCUT2D eigenvalue weighted by molar-refractivity contribution is 6.32. The van der Waals surface area contributed by atoms with Gasteiger partial charge in [-0.25, -0.2) is 4.39 Å². The predicted octanol–water partition coefficient (Wildman–Crippen LogP) is 4.40. The Morgan fingerprint density at radius 3 is 2.70 bits per heavy atom. The molecule has 3 nitrogen and oxygen atoms in total. The van der Waals surface area contributed by atoms with Crippen LogP contribution in [0, 0.1) is 5.82 Å². The zero-order valence-electron chi connectivity index (χ0n) is 10.3.